The lowest BCUT2D eigenvalue weighted by molar-refractivity contribution is 0.102. The molecule has 6 heteroatoms. The van der Waals surface area contributed by atoms with Gasteiger partial charge in [0, 0.05) is 0 Å². The number of halogens is 2. The predicted octanol–water partition coefficient (Wildman–Crippen LogP) is 2.00. The third-order valence-corrected chi connectivity index (χ3v) is 2.40. The van der Waals surface area contributed by atoms with Crippen molar-refractivity contribution in [3.63, 3.8) is 0 Å². The van der Waals surface area contributed by atoms with Crippen molar-refractivity contribution < 1.29 is 4.79 Å². The van der Waals surface area contributed by atoms with Crippen LogP contribution < -0.4 is 0 Å². The average Bonchev–Trinajstić information content (AvgIpc) is 2.34. The zero-order chi connectivity index (χ0) is 7.56. The molecule has 11 heavy (non-hydrogen) atoms. The number of aryl methyl sites for hydroxylation is 1. The lowest BCUT2D eigenvalue weighted by Gasteiger charge is -1.87. The molecule has 0 saturated heterocycles. The van der Waals surface area contributed by atoms with Crippen LogP contribution in [0.5, 0.6) is 0 Å². The summed E-state index contributed by atoms with van der Waals surface area (Å²) in [5.41, 5.74) is 0.717. The fourth-order valence-corrected chi connectivity index (χ4v) is 1.61. The third kappa shape index (κ3) is 2.61. The molecule has 1 aromatic heterocycles. The normalized spacial score (nSPS) is 8.91. The van der Waals surface area contributed by atoms with Gasteiger partial charge in [0.15, 0.2) is 5.78 Å². The fraction of sp³-hybridized carbons (Fsp3) is 0.400. The van der Waals surface area contributed by atoms with Crippen LogP contribution in [0.4, 0.5) is 0 Å². The first kappa shape index (κ1) is 11.2. The van der Waals surface area contributed by atoms with E-state index in [1.54, 1.807) is 6.92 Å². The van der Waals surface area contributed by atoms with Crippen molar-refractivity contribution in [2.45, 2.75) is 6.92 Å². The highest BCUT2D eigenvalue weighted by Gasteiger charge is 2.10. The Bertz CT molecular complexity index is 250. The van der Waals surface area contributed by atoms with Crippen LogP contribution >= 0.6 is 44.4 Å². The van der Waals surface area contributed by atoms with E-state index in [1.807, 2.05) is 0 Å². The van der Waals surface area contributed by atoms with Gasteiger partial charge in [-0.2, -0.15) is 0 Å². The molecule has 0 aromatic carbocycles. The van der Waals surface area contributed by atoms with Crippen LogP contribution in [0, 0.1) is 6.92 Å². The first-order chi connectivity index (χ1) is 4.75. The summed E-state index contributed by atoms with van der Waals surface area (Å²) < 4.78 is 3.64. The van der Waals surface area contributed by atoms with E-state index >= 15 is 0 Å². The zero-order valence-corrected chi connectivity index (χ0v) is 9.82. The monoisotopic (exact) mass is 300 g/mol. The summed E-state index contributed by atoms with van der Waals surface area (Å²) >= 11 is 4.21. The van der Waals surface area contributed by atoms with Crippen molar-refractivity contribution in [3.8, 4) is 0 Å². The fourth-order valence-electron chi connectivity index (χ4n) is 0.547. The minimum absolute atomic E-state index is 0. The number of nitrogens with zero attached hydrogens (tertiary/aromatic N) is 2. The third-order valence-electron chi connectivity index (χ3n) is 1.03. The highest BCUT2D eigenvalue weighted by molar-refractivity contribution is 9.09. The van der Waals surface area contributed by atoms with E-state index in [1.165, 1.54) is 0 Å². The van der Waals surface area contributed by atoms with E-state index in [0.717, 1.165) is 17.2 Å². The molecule has 0 spiro atoms. The molecule has 0 aliphatic rings. The maximum Gasteiger partial charge on any atom is 0.186 e. The van der Waals surface area contributed by atoms with Gasteiger partial charge in [0.05, 0.1) is 11.0 Å². The second-order valence-electron chi connectivity index (χ2n) is 1.74. The van der Waals surface area contributed by atoms with Crippen LogP contribution in [0.25, 0.3) is 0 Å². The number of alkyl halides is 1. The Labute approximate surface area is 87.3 Å². The minimum atomic E-state index is 0. The summed E-state index contributed by atoms with van der Waals surface area (Å²) in [4.78, 5) is 11.6. The van der Waals surface area contributed by atoms with Crippen LogP contribution in [0.3, 0.4) is 0 Å². The molecule has 1 rings (SSSR count). The van der Waals surface area contributed by atoms with Gasteiger partial charge < -0.3 is 0 Å². The number of hydrogen-bond acceptors (Lipinski definition) is 4. The van der Waals surface area contributed by atoms with E-state index in [4.69, 9.17) is 0 Å². The van der Waals surface area contributed by atoms with E-state index < -0.39 is 0 Å². The number of aromatic nitrogens is 2. The number of Topliss-reactive ketones (excluding diaryl/α,β-unsaturated/α-hetero) is 1. The molecule has 1 heterocycles. The number of hydrogen-bond donors (Lipinski definition) is 0. The largest absolute Gasteiger partial charge is 0.292 e. The first-order valence-electron chi connectivity index (χ1n) is 2.64. The van der Waals surface area contributed by atoms with Crippen molar-refractivity contribution in [2.75, 3.05) is 5.33 Å². The SMILES string of the molecule is Br.Cc1nnsc1C(=O)CBr. The second kappa shape index (κ2) is 4.95. The molecule has 3 nitrogen and oxygen atoms in total. The zero-order valence-electron chi connectivity index (χ0n) is 5.70. The van der Waals surface area contributed by atoms with Crippen molar-refractivity contribution >= 4 is 50.2 Å². The van der Waals surface area contributed by atoms with E-state index in [-0.39, 0.29) is 22.8 Å². The Hall–Kier alpha value is 0.190. The Morgan fingerprint density at radius 3 is 2.73 bits per heavy atom. The summed E-state index contributed by atoms with van der Waals surface area (Å²) in [5.74, 6) is 0.0486. The molecular formula is C5H6Br2N2OS. The van der Waals surface area contributed by atoms with Gasteiger partial charge in [-0.15, -0.1) is 22.1 Å². The van der Waals surface area contributed by atoms with Gasteiger partial charge in [-0.3, -0.25) is 4.79 Å². The molecule has 0 atom stereocenters. The summed E-state index contributed by atoms with van der Waals surface area (Å²) in [5, 5.41) is 4.06. The molecular weight excluding hydrogens is 296 g/mol. The van der Waals surface area contributed by atoms with Gasteiger partial charge >= 0.3 is 0 Å². The molecule has 0 unspecified atom stereocenters. The van der Waals surface area contributed by atoms with Gasteiger partial charge in [-0.25, -0.2) is 0 Å². The molecule has 0 aliphatic carbocycles. The summed E-state index contributed by atoms with van der Waals surface area (Å²) in [7, 11) is 0. The molecule has 0 aliphatic heterocycles. The maximum atomic E-state index is 11.0. The Morgan fingerprint density at radius 1 is 1.73 bits per heavy atom. The Balaban J connectivity index is 0.000001000. The highest BCUT2D eigenvalue weighted by Crippen LogP contribution is 2.10. The Kier molecular flexibility index (Phi) is 5.03. The van der Waals surface area contributed by atoms with Crippen LogP contribution in [0.15, 0.2) is 0 Å². The number of carbonyl (C=O) groups excluding carboxylic acids is 1. The van der Waals surface area contributed by atoms with Crippen molar-refractivity contribution in [1.82, 2.24) is 9.59 Å². The van der Waals surface area contributed by atoms with Crippen LogP contribution in [0.1, 0.15) is 15.4 Å². The lowest BCUT2D eigenvalue weighted by Crippen LogP contribution is -1.98. The smallest absolute Gasteiger partial charge is 0.186 e. The summed E-state index contributed by atoms with van der Waals surface area (Å²) in [6, 6.07) is 0. The van der Waals surface area contributed by atoms with Crippen molar-refractivity contribution in [2.24, 2.45) is 0 Å². The summed E-state index contributed by atoms with van der Waals surface area (Å²) in [6.45, 7) is 1.78. The van der Waals surface area contributed by atoms with Crippen LogP contribution in [0.2, 0.25) is 0 Å². The first-order valence-corrected chi connectivity index (χ1v) is 4.53. The van der Waals surface area contributed by atoms with Crippen LogP contribution in [-0.4, -0.2) is 20.7 Å². The number of carbonyl (C=O) groups is 1. The van der Waals surface area contributed by atoms with E-state index in [9.17, 15) is 4.79 Å². The average molecular weight is 302 g/mol. The van der Waals surface area contributed by atoms with Crippen LogP contribution in [-0.2, 0) is 0 Å². The van der Waals surface area contributed by atoms with Gasteiger partial charge in [-0.05, 0) is 18.5 Å². The molecule has 0 amide bonds. The van der Waals surface area contributed by atoms with E-state index in [2.05, 4.69) is 25.5 Å². The lowest BCUT2D eigenvalue weighted by atomic mass is 10.3. The minimum Gasteiger partial charge on any atom is -0.292 e. The standard InChI is InChI=1S/C5H5BrN2OS.BrH/c1-3-5(4(9)2-6)10-8-7-3;/h2H2,1H3;1H. The number of rotatable bonds is 2. The van der Waals surface area contributed by atoms with Gasteiger partial charge in [0.2, 0.25) is 0 Å². The molecule has 0 N–H and O–H groups in total. The molecule has 0 fully saturated rings. The topological polar surface area (TPSA) is 42.9 Å². The molecule has 62 valence electrons. The maximum absolute atomic E-state index is 11.0. The predicted molar refractivity (Wildman–Crippen MR) is 53.1 cm³/mol. The van der Waals surface area contributed by atoms with Crippen molar-refractivity contribution in [1.29, 1.82) is 0 Å². The highest BCUT2D eigenvalue weighted by atomic mass is 79.9. The van der Waals surface area contributed by atoms with Gasteiger partial charge in [0.1, 0.15) is 4.88 Å². The second-order valence-corrected chi connectivity index (χ2v) is 3.06. The van der Waals surface area contributed by atoms with Crippen molar-refractivity contribution in [3.05, 3.63) is 10.6 Å². The van der Waals surface area contributed by atoms with Gasteiger partial charge in [0.25, 0.3) is 0 Å². The molecule has 0 saturated carbocycles. The van der Waals surface area contributed by atoms with E-state index in [0.29, 0.717) is 10.2 Å². The Morgan fingerprint density at radius 2 is 2.36 bits per heavy atom. The summed E-state index contributed by atoms with van der Waals surface area (Å²) in [6.07, 6.45) is 0. The number of ketones is 1. The molecule has 1 aromatic rings. The molecule has 0 bridgehead atoms. The van der Waals surface area contributed by atoms with Gasteiger partial charge in [-0.1, -0.05) is 20.4 Å². The quantitative estimate of drug-likeness (QED) is 0.620. The molecule has 0 radical (unpaired) electrons.